The van der Waals surface area contributed by atoms with Gasteiger partial charge in [0.2, 0.25) is 5.79 Å². The minimum Gasteiger partial charge on any atom is -0.376 e. The maximum atomic E-state index is 9.65. The molecule has 70 valence electrons. The fourth-order valence-corrected chi connectivity index (χ4v) is 0.833. The molecule has 0 rings (SSSR count). The van der Waals surface area contributed by atoms with E-state index in [0.29, 0.717) is 13.2 Å². The zero-order valence-electron chi connectivity index (χ0n) is 7.67. The quantitative estimate of drug-likeness (QED) is 0.475. The average molecular weight is 172 g/mol. The van der Waals surface area contributed by atoms with Crippen LogP contribution >= 0.6 is 0 Å². The number of ether oxygens (including phenoxy) is 2. The third kappa shape index (κ3) is 4.35. The summed E-state index contributed by atoms with van der Waals surface area (Å²) in [6.45, 7) is 4.74. The summed E-state index contributed by atoms with van der Waals surface area (Å²) in [7, 11) is 0. The maximum Gasteiger partial charge on any atom is 0.200 e. The first kappa shape index (κ1) is 11.4. The molecule has 0 amide bonds. The SMILES string of the molecule is C#CCC(O)(COCC)OCC. The van der Waals surface area contributed by atoms with Crippen molar-refractivity contribution < 1.29 is 14.6 Å². The van der Waals surface area contributed by atoms with Crippen LogP contribution in [0.5, 0.6) is 0 Å². The minimum absolute atomic E-state index is 0.127. The number of hydrogen-bond donors (Lipinski definition) is 1. The molecule has 0 bridgehead atoms. The highest BCUT2D eigenvalue weighted by molar-refractivity contribution is 4.90. The Kier molecular flexibility index (Phi) is 5.73. The van der Waals surface area contributed by atoms with E-state index in [0.717, 1.165) is 0 Å². The van der Waals surface area contributed by atoms with E-state index in [9.17, 15) is 5.11 Å². The monoisotopic (exact) mass is 172 g/mol. The standard InChI is InChI=1S/C9H16O3/c1-4-7-9(10,12-6-3)8-11-5-2/h1,10H,5-8H2,2-3H3. The van der Waals surface area contributed by atoms with E-state index in [-0.39, 0.29) is 13.0 Å². The van der Waals surface area contributed by atoms with Gasteiger partial charge in [0.1, 0.15) is 6.61 Å². The van der Waals surface area contributed by atoms with Gasteiger partial charge in [-0.1, -0.05) is 0 Å². The summed E-state index contributed by atoms with van der Waals surface area (Å²) < 4.78 is 10.1. The lowest BCUT2D eigenvalue weighted by atomic mass is 10.2. The van der Waals surface area contributed by atoms with Gasteiger partial charge in [-0.3, -0.25) is 0 Å². The highest BCUT2D eigenvalue weighted by Crippen LogP contribution is 2.11. The molecule has 0 aliphatic carbocycles. The Balaban J connectivity index is 3.91. The van der Waals surface area contributed by atoms with Gasteiger partial charge < -0.3 is 14.6 Å². The Bertz CT molecular complexity index is 150. The zero-order valence-corrected chi connectivity index (χ0v) is 7.67. The third-order valence-corrected chi connectivity index (χ3v) is 1.32. The molecule has 0 spiro atoms. The molecule has 0 aromatic carbocycles. The summed E-state index contributed by atoms with van der Waals surface area (Å²) >= 11 is 0. The lowest BCUT2D eigenvalue weighted by molar-refractivity contribution is -0.225. The first-order valence-corrected chi connectivity index (χ1v) is 4.06. The first-order chi connectivity index (χ1) is 5.68. The van der Waals surface area contributed by atoms with Gasteiger partial charge in [0.05, 0.1) is 6.42 Å². The molecular formula is C9H16O3. The lowest BCUT2D eigenvalue weighted by Gasteiger charge is -2.25. The number of hydrogen-bond acceptors (Lipinski definition) is 3. The van der Waals surface area contributed by atoms with E-state index in [2.05, 4.69) is 5.92 Å². The molecule has 3 nitrogen and oxygen atoms in total. The third-order valence-electron chi connectivity index (χ3n) is 1.32. The Hall–Kier alpha value is -0.560. The summed E-state index contributed by atoms with van der Waals surface area (Å²) in [5, 5.41) is 9.65. The van der Waals surface area contributed by atoms with Crippen LogP contribution in [0.1, 0.15) is 20.3 Å². The molecule has 0 fully saturated rings. The van der Waals surface area contributed by atoms with Crippen molar-refractivity contribution in [3.63, 3.8) is 0 Å². The zero-order chi connectivity index (χ0) is 9.45. The first-order valence-electron chi connectivity index (χ1n) is 4.06. The lowest BCUT2D eigenvalue weighted by Crippen LogP contribution is -2.37. The van der Waals surface area contributed by atoms with Crippen LogP contribution in [-0.2, 0) is 9.47 Å². The van der Waals surface area contributed by atoms with Gasteiger partial charge in [-0.25, -0.2) is 0 Å². The van der Waals surface area contributed by atoms with Gasteiger partial charge in [0.15, 0.2) is 0 Å². The molecule has 0 aromatic rings. The molecule has 0 saturated carbocycles. The van der Waals surface area contributed by atoms with Crippen LogP contribution in [-0.4, -0.2) is 30.7 Å². The van der Waals surface area contributed by atoms with Gasteiger partial charge in [-0.05, 0) is 13.8 Å². The van der Waals surface area contributed by atoms with Crippen LogP contribution in [0.2, 0.25) is 0 Å². The highest BCUT2D eigenvalue weighted by Gasteiger charge is 2.26. The van der Waals surface area contributed by atoms with E-state index in [1.54, 1.807) is 6.92 Å². The van der Waals surface area contributed by atoms with Gasteiger partial charge in [0.25, 0.3) is 0 Å². The van der Waals surface area contributed by atoms with E-state index in [1.165, 1.54) is 0 Å². The van der Waals surface area contributed by atoms with Gasteiger partial charge in [-0.15, -0.1) is 12.3 Å². The van der Waals surface area contributed by atoms with Crippen LogP contribution < -0.4 is 0 Å². The Labute approximate surface area is 73.7 Å². The molecule has 0 aromatic heterocycles. The largest absolute Gasteiger partial charge is 0.376 e. The Morgan fingerprint density at radius 3 is 2.50 bits per heavy atom. The fraction of sp³-hybridized carbons (Fsp3) is 0.778. The van der Waals surface area contributed by atoms with Crippen molar-refractivity contribution in [2.45, 2.75) is 26.1 Å². The molecule has 12 heavy (non-hydrogen) atoms. The molecule has 0 heterocycles. The molecule has 1 unspecified atom stereocenters. The molecule has 1 N–H and O–H groups in total. The summed E-state index contributed by atoms with van der Waals surface area (Å²) in [6, 6.07) is 0. The predicted octanol–water partition coefficient (Wildman–Crippen LogP) is 0.771. The van der Waals surface area contributed by atoms with Crippen molar-refractivity contribution in [2.75, 3.05) is 19.8 Å². The van der Waals surface area contributed by atoms with Crippen LogP contribution in [0, 0.1) is 12.3 Å². The topological polar surface area (TPSA) is 38.7 Å². The summed E-state index contributed by atoms with van der Waals surface area (Å²) in [4.78, 5) is 0. The van der Waals surface area contributed by atoms with Gasteiger partial charge in [0, 0.05) is 13.2 Å². The fourth-order valence-electron chi connectivity index (χ4n) is 0.833. The van der Waals surface area contributed by atoms with Crippen LogP contribution in [0.25, 0.3) is 0 Å². The second-order valence-corrected chi connectivity index (χ2v) is 2.40. The van der Waals surface area contributed by atoms with Crippen LogP contribution in [0.3, 0.4) is 0 Å². The molecule has 0 radical (unpaired) electrons. The van der Waals surface area contributed by atoms with Crippen molar-refractivity contribution in [2.24, 2.45) is 0 Å². The summed E-state index contributed by atoms with van der Waals surface area (Å²) in [6.07, 6.45) is 5.22. The van der Waals surface area contributed by atoms with Crippen LogP contribution in [0.4, 0.5) is 0 Å². The van der Waals surface area contributed by atoms with Crippen molar-refractivity contribution >= 4 is 0 Å². The Morgan fingerprint density at radius 1 is 1.42 bits per heavy atom. The molecule has 3 heteroatoms. The Morgan fingerprint density at radius 2 is 2.08 bits per heavy atom. The van der Waals surface area contributed by atoms with E-state index in [4.69, 9.17) is 15.9 Å². The maximum absolute atomic E-state index is 9.65. The molecule has 1 atom stereocenters. The number of terminal acetylenes is 1. The smallest absolute Gasteiger partial charge is 0.200 e. The summed E-state index contributed by atoms with van der Waals surface area (Å²) in [5.41, 5.74) is 0. The molecule has 0 saturated heterocycles. The van der Waals surface area contributed by atoms with Gasteiger partial charge in [-0.2, -0.15) is 0 Å². The van der Waals surface area contributed by atoms with Gasteiger partial charge >= 0.3 is 0 Å². The van der Waals surface area contributed by atoms with E-state index < -0.39 is 5.79 Å². The van der Waals surface area contributed by atoms with E-state index >= 15 is 0 Å². The number of aliphatic hydroxyl groups is 1. The van der Waals surface area contributed by atoms with Crippen molar-refractivity contribution in [1.82, 2.24) is 0 Å². The van der Waals surface area contributed by atoms with Crippen molar-refractivity contribution in [3.8, 4) is 12.3 Å². The van der Waals surface area contributed by atoms with Crippen molar-refractivity contribution in [3.05, 3.63) is 0 Å². The van der Waals surface area contributed by atoms with E-state index in [1.807, 2.05) is 6.92 Å². The van der Waals surface area contributed by atoms with Crippen LogP contribution in [0.15, 0.2) is 0 Å². The second-order valence-electron chi connectivity index (χ2n) is 2.40. The predicted molar refractivity (Wildman–Crippen MR) is 46.5 cm³/mol. The normalized spacial score (nSPS) is 15.2. The summed E-state index contributed by atoms with van der Waals surface area (Å²) in [5.74, 6) is 1.04. The highest BCUT2D eigenvalue weighted by atomic mass is 16.6. The number of rotatable bonds is 6. The second kappa shape index (κ2) is 6.01. The molecular weight excluding hydrogens is 156 g/mol. The molecule has 0 aliphatic rings. The minimum atomic E-state index is -1.31. The van der Waals surface area contributed by atoms with Crippen molar-refractivity contribution in [1.29, 1.82) is 0 Å². The average Bonchev–Trinajstić information content (AvgIpc) is 2.02. The molecule has 0 aliphatic heterocycles.